The highest BCUT2D eigenvalue weighted by Gasteiger charge is 2.26. The maximum Gasteiger partial charge on any atom is 0.451 e. The quantitative estimate of drug-likeness (QED) is 0.414. The molecule has 0 N–H and O–H groups in total. The molecule has 3 aromatic rings. The lowest BCUT2D eigenvalue weighted by atomic mass is 10.2. The van der Waals surface area contributed by atoms with E-state index in [0.717, 1.165) is 0 Å². The number of aliphatic imine (C=N–C) groups is 1. The van der Waals surface area contributed by atoms with Crippen LogP contribution in [0.4, 0.5) is 11.5 Å². The van der Waals surface area contributed by atoms with Crippen LogP contribution in [-0.4, -0.2) is 15.7 Å². The summed E-state index contributed by atoms with van der Waals surface area (Å²) in [5.74, 6) is -0.310. The summed E-state index contributed by atoms with van der Waals surface area (Å²) in [6.07, 6.45) is 0. The Bertz CT molecular complexity index is 940. The lowest BCUT2D eigenvalue weighted by molar-refractivity contribution is -0.212. The molecule has 0 atom stereocenters. The van der Waals surface area contributed by atoms with Crippen LogP contribution < -0.4 is 5.11 Å². The number of rotatable bonds is 3. The fourth-order valence-electron chi connectivity index (χ4n) is 2.23. The molecule has 1 heterocycles. The maximum absolute atomic E-state index is 12.4. The molecule has 2 aromatic carbocycles. The number of hydrogen-bond donors (Lipinski definition) is 0. The van der Waals surface area contributed by atoms with Crippen LogP contribution in [0.3, 0.4) is 0 Å². The lowest BCUT2D eigenvalue weighted by Gasteiger charge is -2.10. The number of halogens is 1. The monoisotopic (exact) mass is 337 g/mol. The van der Waals surface area contributed by atoms with Crippen LogP contribution in [0.25, 0.3) is 10.7 Å². The van der Waals surface area contributed by atoms with Crippen LogP contribution >= 0.6 is 11.6 Å². The third-order valence-electron chi connectivity index (χ3n) is 3.40. The fourth-order valence-corrected chi connectivity index (χ4v) is 2.35. The molecular weight excluding hydrogens is 326 g/mol. The van der Waals surface area contributed by atoms with E-state index in [1.165, 1.54) is 4.68 Å². The number of nitrogens with zero attached hydrogens (tertiary/aromatic N) is 5. The summed E-state index contributed by atoms with van der Waals surface area (Å²) >= 11 is 5.83. The van der Waals surface area contributed by atoms with Crippen LogP contribution in [0.5, 0.6) is 0 Å². The molecule has 0 radical (unpaired) electrons. The van der Waals surface area contributed by atoms with Crippen molar-refractivity contribution in [1.29, 1.82) is 5.39 Å². The largest absolute Gasteiger partial charge is 0.858 e. The van der Waals surface area contributed by atoms with Gasteiger partial charge in [-0.1, -0.05) is 41.9 Å². The highest BCUT2D eigenvalue weighted by molar-refractivity contribution is 6.30. The van der Waals surface area contributed by atoms with Crippen LogP contribution in [0, 0.1) is 12.3 Å². The molecule has 0 fully saturated rings. The first-order valence-electron chi connectivity index (χ1n) is 7.12. The van der Waals surface area contributed by atoms with Gasteiger partial charge in [0.25, 0.3) is 5.82 Å². The van der Waals surface area contributed by atoms with E-state index in [0.29, 0.717) is 22.0 Å². The van der Waals surface area contributed by atoms with Crippen LogP contribution in [0.2, 0.25) is 5.02 Å². The van der Waals surface area contributed by atoms with E-state index in [2.05, 4.69) is 15.1 Å². The summed E-state index contributed by atoms with van der Waals surface area (Å²) in [6.45, 7) is 1.68. The van der Waals surface area contributed by atoms with Gasteiger partial charge in [0.1, 0.15) is 0 Å². The van der Waals surface area contributed by atoms with E-state index in [-0.39, 0.29) is 11.5 Å². The van der Waals surface area contributed by atoms with E-state index in [4.69, 9.17) is 11.6 Å². The second kappa shape index (κ2) is 6.52. The van der Waals surface area contributed by atoms with Gasteiger partial charge < -0.3 is 5.11 Å². The molecule has 1 aromatic heterocycles. The number of diazo groups is 1. The summed E-state index contributed by atoms with van der Waals surface area (Å²) in [6, 6.07) is 15.6. The van der Waals surface area contributed by atoms with Gasteiger partial charge in [0.15, 0.2) is 10.7 Å². The average molecular weight is 338 g/mol. The van der Waals surface area contributed by atoms with Gasteiger partial charge in [-0.05, 0) is 42.7 Å². The van der Waals surface area contributed by atoms with E-state index >= 15 is 0 Å². The minimum atomic E-state index is -0.478. The SMILES string of the molecule is Cc1nn(-c2ccccc2)c(N=C([O-])c2ccc(Cl)cc2)c1[N+]#N. The Balaban J connectivity index is 2.15. The van der Waals surface area contributed by atoms with Crippen molar-refractivity contribution >= 4 is 29.0 Å². The molecule has 3 rings (SSSR count). The molecule has 0 saturated carbocycles. The molecule has 0 aliphatic heterocycles. The predicted molar refractivity (Wildman–Crippen MR) is 90.7 cm³/mol. The first-order valence-corrected chi connectivity index (χ1v) is 7.49. The molecule has 0 aliphatic rings. The first-order chi connectivity index (χ1) is 11.6. The standard InChI is InChI=1S/C17H12ClN5O/c1-11-15(21-19)16(23(22-11)14-5-3-2-4-6-14)20-17(24)12-7-9-13(18)10-8-12/h2-10H,1H3. The third kappa shape index (κ3) is 2.98. The molecule has 0 spiro atoms. The summed E-state index contributed by atoms with van der Waals surface area (Å²) in [5.41, 5.74) is 1.70. The van der Waals surface area contributed by atoms with Crippen molar-refractivity contribution in [2.75, 3.05) is 0 Å². The van der Waals surface area contributed by atoms with Gasteiger partial charge in [-0.2, -0.15) is 5.10 Å². The summed E-state index contributed by atoms with van der Waals surface area (Å²) < 4.78 is 1.47. The summed E-state index contributed by atoms with van der Waals surface area (Å²) in [4.78, 5) is 7.32. The van der Waals surface area contributed by atoms with Crippen molar-refractivity contribution in [3.05, 3.63) is 75.9 Å². The van der Waals surface area contributed by atoms with E-state index in [1.807, 2.05) is 30.3 Å². The number of para-hydroxylation sites is 1. The van der Waals surface area contributed by atoms with Gasteiger partial charge >= 0.3 is 5.69 Å². The van der Waals surface area contributed by atoms with Crippen molar-refractivity contribution in [2.45, 2.75) is 6.92 Å². The normalized spacial score (nSPS) is 11.3. The maximum atomic E-state index is 12.4. The number of benzene rings is 2. The van der Waals surface area contributed by atoms with Crippen LogP contribution in [0.1, 0.15) is 11.3 Å². The molecule has 0 bridgehead atoms. The summed E-state index contributed by atoms with van der Waals surface area (Å²) in [5, 5.41) is 26.5. The molecule has 0 saturated heterocycles. The van der Waals surface area contributed by atoms with E-state index < -0.39 is 5.90 Å². The number of aromatic nitrogens is 2. The molecule has 0 aliphatic carbocycles. The van der Waals surface area contributed by atoms with Crippen molar-refractivity contribution in [3.8, 4) is 5.69 Å². The smallest absolute Gasteiger partial charge is 0.451 e. The van der Waals surface area contributed by atoms with Crippen molar-refractivity contribution in [1.82, 2.24) is 9.78 Å². The molecule has 118 valence electrons. The van der Waals surface area contributed by atoms with Gasteiger partial charge in [0, 0.05) is 5.02 Å². The minimum Gasteiger partial charge on any atom is -0.858 e. The highest BCUT2D eigenvalue weighted by Crippen LogP contribution is 2.34. The van der Waals surface area contributed by atoms with Crippen molar-refractivity contribution in [3.63, 3.8) is 0 Å². The van der Waals surface area contributed by atoms with Gasteiger partial charge in [-0.3, -0.25) is 0 Å². The molecular formula is C17H12ClN5O. The Morgan fingerprint density at radius 3 is 2.46 bits per heavy atom. The van der Waals surface area contributed by atoms with Gasteiger partial charge in [0.2, 0.25) is 5.39 Å². The zero-order valence-electron chi connectivity index (χ0n) is 12.7. The van der Waals surface area contributed by atoms with Crippen LogP contribution in [-0.2, 0) is 0 Å². The van der Waals surface area contributed by atoms with E-state index in [1.54, 1.807) is 31.2 Å². The third-order valence-corrected chi connectivity index (χ3v) is 3.66. The lowest BCUT2D eigenvalue weighted by Crippen LogP contribution is -2.18. The number of aryl methyl sites for hydroxylation is 1. The average Bonchev–Trinajstić information content (AvgIpc) is 2.91. The molecule has 24 heavy (non-hydrogen) atoms. The Labute approximate surface area is 143 Å². The Morgan fingerprint density at radius 2 is 1.83 bits per heavy atom. The van der Waals surface area contributed by atoms with Gasteiger partial charge in [-0.25, -0.2) is 9.67 Å². The highest BCUT2D eigenvalue weighted by atomic mass is 35.5. The Morgan fingerprint density at radius 1 is 1.17 bits per heavy atom. The summed E-state index contributed by atoms with van der Waals surface area (Å²) in [7, 11) is 0. The van der Waals surface area contributed by atoms with Gasteiger partial charge in [-0.15, -0.1) is 0 Å². The fraction of sp³-hybridized carbons (Fsp3) is 0.0588. The second-order valence-corrected chi connectivity index (χ2v) is 5.47. The molecule has 7 heteroatoms. The first kappa shape index (κ1) is 15.7. The molecule has 0 amide bonds. The second-order valence-electron chi connectivity index (χ2n) is 5.03. The zero-order valence-corrected chi connectivity index (χ0v) is 13.5. The Hall–Kier alpha value is -3.17. The zero-order chi connectivity index (χ0) is 17.1. The van der Waals surface area contributed by atoms with Gasteiger partial charge in [0.05, 0.1) is 5.69 Å². The van der Waals surface area contributed by atoms with Crippen molar-refractivity contribution in [2.24, 2.45) is 4.99 Å². The molecule has 6 nitrogen and oxygen atoms in total. The number of hydrogen-bond acceptors (Lipinski definition) is 4. The molecule has 0 unspecified atom stereocenters. The topological polar surface area (TPSA) is 81.4 Å². The Kier molecular flexibility index (Phi) is 4.27. The van der Waals surface area contributed by atoms with Crippen LogP contribution in [0.15, 0.2) is 59.6 Å². The minimum absolute atomic E-state index is 0.154. The van der Waals surface area contributed by atoms with Crippen molar-refractivity contribution < 1.29 is 5.11 Å². The predicted octanol–water partition coefficient (Wildman–Crippen LogP) is 3.76. The van der Waals surface area contributed by atoms with E-state index in [9.17, 15) is 10.5 Å².